The molecule has 0 aliphatic rings. The van der Waals surface area contributed by atoms with Crippen LogP contribution in [0.15, 0.2) is 24.3 Å². The molecule has 0 saturated heterocycles. The molecule has 1 atom stereocenters. The summed E-state index contributed by atoms with van der Waals surface area (Å²) in [4.78, 5) is 0. The Bertz CT molecular complexity index is 388. The van der Waals surface area contributed by atoms with Gasteiger partial charge in [-0.1, -0.05) is 12.1 Å². The van der Waals surface area contributed by atoms with Crippen molar-refractivity contribution >= 4 is 0 Å². The maximum Gasteiger partial charge on any atom is 0.0991 e. The van der Waals surface area contributed by atoms with E-state index < -0.39 is 0 Å². The lowest BCUT2D eigenvalue weighted by Crippen LogP contribution is -2.23. The van der Waals surface area contributed by atoms with E-state index in [4.69, 9.17) is 14.7 Å². The van der Waals surface area contributed by atoms with Gasteiger partial charge in [-0.25, -0.2) is 0 Å². The Kier molecular flexibility index (Phi) is 7.04. The van der Waals surface area contributed by atoms with Gasteiger partial charge in [0.1, 0.15) is 0 Å². The quantitative estimate of drug-likeness (QED) is 0.714. The second-order valence-corrected chi connectivity index (χ2v) is 4.02. The predicted octanol–water partition coefficient (Wildman–Crippen LogP) is 1.87. The second-order valence-electron chi connectivity index (χ2n) is 4.02. The van der Waals surface area contributed by atoms with Crippen LogP contribution in [0.1, 0.15) is 24.1 Å². The van der Waals surface area contributed by atoms with Crippen LogP contribution in [0.5, 0.6) is 0 Å². The molecule has 18 heavy (non-hydrogen) atoms. The van der Waals surface area contributed by atoms with Gasteiger partial charge in [0.05, 0.1) is 31.5 Å². The summed E-state index contributed by atoms with van der Waals surface area (Å²) >= 11 is 0. The number of ether oxygens (including phenoxy) is 2. The first-order valence-electron chi connectivity index (χ1n) is 6.08. The number of nitrogens with zero attached hydrogens (tertiary/aromatic N) is 1. The summed E-state index contributed by atoms with van der Waals surface area (Å²) in [5.74, 6) is 0. The molecule has 1 aromatic carbocycles. The average Bonchev–Trinajstić information content (AvgIpc) is 2.42. The fourth-order valence-electron chi connectivity index (χ4n) is 1.59. The molecule has 0 amide bonds. The molecule has 0 fully saturated rings. The van der Waals surface area contributed by atoms with Gasteiger partial charge in [-0.2, -0.15) is 5.26 Å². The highest BCUT2D eigenvalue weighted by molar-refractivity contribution is 5.33. The molecule has 1 N–H and O–H groups in total. The third kappa shape index (κ3) is 5.28. The number of benzene rings is 1. The molecule has 0 saturated carbocycles. The number of hydrogen-bond donors (Lipinski definition) is 1. The van der Waals surface area contributed by atoms with Crippen LogP contribution in [0.3, 0.4) is 0 Å². The standard InChI is InChI=1S/C14H20N2O2/c1-12(16-6-7-18-9-8-17-2)14-5-3-4-13(10-14)11-15/h3-5,10,12,16H,6-9H2,1-2H3. The SMILES string of the molecule is COCCOCCNC(C)c1cccc(C#N)c1. The van der Waals surface area contributed by atoms with Gasteiger partial charge in [0.15, 0.2) is 0 Å². The molecule has 0 aliphatic carbocycles. The Morgan fingerprint density at radius 1 is 1.33 bits per heavy atom. The third-order valence-electron chi connectivity index (χ3n) is 2.64. The highest BCUT2D eigenvalue weighted by atomic mass is 16.5. The van der Waals surface area contributed by atoms with E-state index in [1.54, 1.807) is 7.11 Å². The fraction of sp³-hybridized carbons (Fsp3) is 0.500. The number of nitrogens with one attached hydrogen (secondary N) is 1. The molecule has 0 bridgehead atoms. The maximum atomic E-state index is 8.84. The largest absolute Gasteiger partial charge is 0.382 e. The highest BCUT2D eigenvalue weighted by Gasteiger charge is 2.04. The van der Waals surface area contributed by atoms with E-state index >= 15 is 0 Å². The van der Waals surface area contributed by atoms with Gasteiger partial charge in [0.25, 0.3) is 0 Å². The Balaban J connectivity index is 2.27. The number of hydrogen-bond acceptors (Lipinski definition) is 4. The molecule has 4 heteroatoms. The van der Waals surface area contributed by atoms with Crippen molar-refractivity contribution in [1.29, 1.82) is 5.26 Å². The van der Waals surface area contributed by atoms with Gasteiger partial charge in [0.2, 0.25) is 0 Å². The number of methoxy groups -OCH3 is 1. The highest BCUT2D eigenvalue weighted by Crippen LogP contribution is 2.13. The minimum Gasteiger partial charge on any atom is -0.382 e. The molecule has 0 aliphatic heterocycles. The van der Waals surface area contributed by atoms with Gasteiger partial charge in [-0.3, -0.25) is 0 Å². The zero-order chi connectivity index (χ0) is 13.2. The molecule has 1 aromatic rings. The summed E-state index contributed by atoms with van der Waals surface area (Å²) in [7, 11) is 1.66. The summed E-state index contributed by atoms with van der Waals surface area (Å²) in [6.45, 7) is 4.76. The van der Waals surface area contributed by atoms with E-state index in [-0.39, 0.29) is 6.04 Å². The maximum absolute atomic E-state index is 8.84. The van der Waals surface area contributed by atoms with Crippen LogP contribution in [-0.4, -0.2) is 33.5 Å². The fourth-order valence-corrected chi connectivity index (χ4v) is 1.59. The summed E-state index contributed by atoms with van der Waals surface area (Å²) in [6, 6.07) is 10.00. The molecule has 0 heterocycles. The minimum atomic E-state index is 0.212. The van der Waals surface area contributed by atoms with Gasteiger partial charge in [0, 0.05) is 19.7 Å². The van der Waals surface area contributed by atoms with E-state index in [0.717, 1.165) is 12.1 Å². The third-order valence-corrected chi connectivity index (χ3v) is 2.64. The van der Waals surface area contributed by atoms with Gasteiger partial charge < -0.3 is 14.8 Å². The topological polar surface area (TPSA) is 54.3 Å². The smallest absolute Gasteiger partial charge is 0.0991 e. The normalized spacial score (nSPS) is 12.1. The molecule has 0 radical (unpaired) electrons. The van der Waals surface area contributed by atoms with Crippen molar-refractivity contribution in [3.05, 3.63) is 35.4 Å². The molecular weight excluding hydrogens is 228 g/mol. The first-order valence-corrected chi connectivity index (χ1v) is 6.08. The summed E-state index contributed by atoms with van der Waals surface area (Å²) in [6.07, 6.45) is 0. The molecule has 4 nitrogen and oxygen atoms in total. The first kappa shape index (κ1) is 14.7. The van der Waals surface area contributed by atoms with Crippen LogP contribution in [0.2, 0.25) is 0 Å². The Labute approximate surface area is 109 Å². The van der Waals surface area contributed by atoms with Crippen LogP contribution >= 0.6 is 0 Å². The molecule has 1 rings (SSSR count). The van der Waals surface area contributed by atoms with Gasteiger partial charge >= 0.3 is 0 Å². The van der Waals surface area contributed by atoms with Gasteiger partial charge in [-0.05, 0) is 24.6 Å². The van der Waals surface area contributed by atoms with E-state index in [0.29, 0.717) is 25.4 Å². The van der Waals surface area contributed by atoms with Crippen molar-refractivity contribution in [2.75, 3.05) is 33.5 Å². The summed E-state index contributed by atoms with van der Waals surface area (Å²) in [5.41, 5.74) is 1.81. The average molecular weight is 248 g/mol. The number of nitriles is 1. The predicted molar refractivity (Wildman–Crippen MR) is 70.3 cm³/mol. The minimum absolute atomic E-state index is 0.212. The van der Waals surface area contributed by atoms with Gasteiger partial charge in [-0.15, -0.1) is 0 Å². The van der Waals surface area contributed by atoms with Crippen molar-refractivity contribution in [1.82, 2.24) is 5.32 Å². The summed E-state index contributed by atoms with van der Waals surface area (Å²) in [5, 5.41) is 12.2. The lowest BCUT2D eigenvalue weighted by molar-refractivity contribution is 0.0712. The lowest BCUT2D eigenvalue weighted by atomic mass is 10.1. The van der Waals surface area contributed by atoms with Crippen molar-refractivity contribution in [3.63, 3.8) is 0 Å². The Morgan fingerprint density at radius 2 is 2.17 bits per heavy atom. The van der Waals surface area contributed by atoms with Crippen LogP contribution < -0.4 is 5.32 Å². The second kappa shape index (κ2) is 8.65. The first-order chi connectivity index (χ1) is 8.77. The monoisotopic (exact) mass is 248 g/mol. The lowest BCUT2D eigenvalue weighted by Gasteiger charge is -2.14. The van der Waals surface area contributed by atoms with Crippen molar-refractivity contribution < 1.29 is 9.47 Å². The van der Waals surface area contributed by atoms with Crippen LogP contribution in [0, 0.1) is 11.3 Å². The van der Waals surface area contributed by atoms with Crippen molar-refractivity contribution in [3.8, 4) is 6.07 Å². The molecule has 98 valence electrons. The van der Waals surface area contributed by atoms with Crippen LogP contribution in [-0.2, 0) is 9.47 Å². The van der Waals surface area contributed by atoms with E-state index in [2.05, 4.69) is 18.3 Å². The Morgan fingerprint density at radius 3 is 2.89 bits per heavy atom. The molecular formula is C14H20N2O2. The van der Waals surface area contributed by atoms with E-state index in [1.165, 1.54) is 0 Å². The molecule has 1 unspecified atom stereocenters. The Hall–Kier alpha value is -1.41. The molecule has 0 spiro atoms. The molecule has 0 aromatic heterocycles. The number of rotatable bonds is 8. The summed E-state index contributed by atoms with van der Waals surface area (Å²) < 4.78 is 10.3. The zero-order valence-corrected chi connectivity index (χ0v) is 11.0. The van der Waals surface area contributed by atoms with Crippen LogP contribution in [0.4, 0.5) is 0 Å². The van der Waals surface area contributed by atoms with Crippen LogP contribution in [0.25, 0.3) is 0 Å². The van der Waals surface area contributed by atoms with Crippen molar-refractivity contribution in [2.45, 2.75) is 13.0 Å². The zero-order valence-electron chi connectivity index (χ0n) is 11.0. The van der Waals surface area contributed by atoms with E-state index in [1.807, 2.05) is 24.3 Å². The van der Waals surface area contributed by atoms with Crippen molar-refractivity contribution in [2.24, 2.45) is 0 Å². The van der Waals surface area contributed by atoms with E-state index in [9.17, 15) is 0 Å².